The first-order valence-electron chi connectivity index (χ1n) is 11.8. The van der Waals surface area contributed by atoms with Gasteiger partial charge in [-0.15, -0.1) is 0 Å². The van der Waals surface area contributed by atoms with Crippen LogP contribution in [0.25, 0.3) is 10.8 Å². The summed E-state index contributed by atoms with van der Waals surface area (Å²) >= 11 is 0. The fourth-order valence-electron chi connectivity index (χ4n) is 4.41. The Morgan fingerprint density at radius 2 is 1.84 bits per heavy atom. The van der Waals surface area contributed by atoms with E-state index in [4.69, 9.17) is 15.2 Å². The first kappa shape index (κ1) is 22.6. The molecular formula is C26H34N2O4. The maximum absolute atomic E-state index is 12.7. The third kappa shape index (κ3) is 5.60. The second-order valence-electron chi connectivity index (χ2n) is 9.43. The Balaban J connectivity index is 1.52. The first-order valence-corrected chi connectivity index (χ1v) is 11.8. The lowest BCUT2D eigenvalue weighted by atomic mass is 9.95. The van der Waals surface area contributed by atoms with Gasteiger partial charge in [0.05, 0.1) is 12.2 Å². The molecule has 2 N–H and O–H groups in total. The van der Waals surface area contributed by atoms with Crippen LogP contribution in [0.15, 0.2) is 30.3 Å². The maximum atomic E-state index is 12.7. The molecule has 1 amide bonds. The van der Waals surface area contributed by atoms with Gasteiger partial charge in [-0.25, -0.2) is 4.79 Å². The number of benzene rings is 2. The Labute approximate surface area is 190 Å². The van der Waals surface area contributed by atoms with Gasteiger partial charge in [-0.2, -0.15) is 0 Å². The molecule has 1 aliphatic carbocycles. The Hall–Kier alpha value is -2.60. The van der Waals surface area contributed by atoms with Crippen LogP contribution in [-0.4, -0.2) is 48.6 Å². The van der Waals surface area contributed by atoms with E-state index in [1.54, 1.807) is 6.07 Å². The van der Waals surface area contributed by atoms with Crippen molar-refractivity contribution in [3.8, 4) is 5.75 Å². The van der Waals surface area contributed by atoms with Crippen LogP contribution in [-0.2, 0) is 16.0 Å². The van der Waals surface area contributed by atoms with E-state index in [9.17, 15) is 9.59 Å². The van der Waals surface area contributed by atoms with Crippen molar-refractivity contribution in [2.24, 2.45) is 11.7 Å². The van der Waals surface area contributed by atoms with E-state index >= 15 is 0 Å². The van der Waals surface area contributed by atoms with E-state index in [2.05, 4.69) is 18.7 Å². The molecule has 1 saturated carbocycles. The molecule has 1 aliphatic heterocycles. The molecule has 2 aromatic carbocycles. The fourth-order valence-corrected chi connectivity index (χ4v) is 4.41. The van der Waals surface area contributed by atoms with Gasteiger partial charge in [0.2, 0.25) is 5.91 Å². The molecule has 32 heavy (non-hydrogen) atoms. The van der Waals surface area contributed by atoms with Crippen LogP contribution < -0.4 is 10.5 Å². The topological polar surface area (TPSA) is 81.9 Å². The molecule has 2 aromatic rings. The summed E-state index contributed by atoms with van der Waals surface area (Å²) in [5.74, 6) is 0.633. The second-order valence-corrected chi connectivity index (χ2v) is 9.43. The van der Waals surface area contributed by atoms with Crippen molar-refractivity contribution in [1.29, 1.82) is 0 Å². The summed E-state index contributed by atoms with van der Waals surface area (Å²) in [5.41, 5.74) is 6.74. The second kappa shape index (κ2) is 9.90. The maximum Gasteiger partial charge on any atom is 0.338 e. The lowest BCUT2D eigenvalue weighted by molar-refractivity contribution is -0.118. The van der Waals surface area contributed by atoms with Crippen LogP contribution in [0.4, 0.5) is 0 Å². The number of hydrogen-bond acceptors (Lipinski definition) is 5. The smallest absolute Gasteiger partial charge is 0.338 e. The molecule has 0 atom stereocenters. The summed E-state index contributed by atoms with van der Waals surface area (Å²) in [6.07, 6.45) is 5.10. The van der Waals surface area contributed by atoms with Crippen molar-refractivity contribution in [2.45, 2.75) is 64.5 Å². The van der Waals surface area contributed by atoms with Gasteiger partial charge in [-0.1, -0.05) is 12.1 Å². The minimum absolute atomic E-state index is 0.189. The average molecular weight is 439 g/mol. The van der Waals surface area contributed by atoms with Gasteiger partial charge in [0.25, 0.3) is 0 Å². The summed E-state index contributed by atoms with van der Waals surface area (Å²) in [6.45, 7) is 7.04. The molecule has 0 radical (unpaired) electrons. The Kier molecular flexibility index (Phi) is 6.99. The summed E-state index contributed by atoms with van der Waals surface area (Å²) in [6, 6.07) is 10.3. The number of carbonyl (C=O) groups is 2. The van der Waals surface area contributed by atoms with Crippen molar-refractivity contribution in [3.63, 3.8) is 0 Å². The number of ether oxygens (including phenoxy) is 2. The molecule has 0 bridgehead atoms. The van der Waals surface area contributed by atoms with E-state index in [-0.39, 0.29) is 24.4 Å². The molecule has 1 heterocycles. The van der Waals surface area contributed by atoms with Crippen LogP contribution in [0, 0.1) is 5.92 Å². The van der Waals surface area contributed by atoms with Crippen LogP contribution in [0.5, 0.6) is 5.75 Å². The van der Waals surface area contributed by atoms with Crippen LogP contribution >= 0.6 is 0 Å². The van der Waals surface area contributed by atoms with E-state index in [0.717, 1.165) is 60.9 Å². The molecule has 172 valence electrons. The lowest BCUT2D eigenvalue weighted by Gasteiger charge is -2.34. The number of esters is 1. The number of fused-ring (bicyclic) bond motifs is 1. The molecular weight excluding hydrogens is 404 g/mol. The number of amides is 1. The molecule has 0 spiro atoms. The number of hydrogen-bond donors (Lipinski definition) is 1. The monoisotopic (exact) mass is 438 g/mol. The van der Waals surface area contributed by atoms with E-state index in [1.165, 1.54) is 0 Å². The third-order valence-electron chi connectivity index (χ3n) is 6.60. The zero-order chi connectivity index (χ0) is 22.7. The van der Waals surface area contributed by atoms with Crippen LogP contribution in [0.3, 0.4) is 0 Å². The minimum atomic E-state index is -0.382. The number of primary amides is 1. The van der Waals surface area contributed by atoms with Gasteiger partial charge in [-0.05, 0) is 86.4 Å². The van der Waals surface area contributed by atoms with Gasteiger partial charge >= 0.3 is 5.97 Å². The van der Waals surface area contributed by atoms with Crippen molar-refractivity contribution in [3.05, 3.63) is 41.5 Å². The molecule has 6 nitrogen and oxygen atoms in total. The minimum Gasteiger partial charge on any atom is -0.490 e. The van der Waals surface area contributed by atoms with Crippen LogP contribution in [0.2, 0.25) is 0 Å². The molecule has 4 rings (SSSR count). The van der Waals surface area contributed by atoms with E-state index in [0.29, 0.717) is 30.6 Å². The number of aryl methyl sites for hydroxylation is 1. The highest BCUT2D eigenvalue weighted by molar-refractivity contribution is 5.99. The van der Waals surface area contributed by atoms with E-state index < -0.39 is 0 Å². The van der Waals surface area contributed by atoms with Crippen molar-refractivity contribution in [1.82, 2.24) is 4.90 Å². The van der Waals surface area contributed by atoms with Gasteiger partial charge in [-0.3, -0.25) is 4.79 Å². The van der Waals surface area contributed by atoms with Gasteiger partial charge in [0.1, 0.15) is 11.9 Å². The lowest BCUT2D eigenvalue weighted by Crippen LogP contribution is -2.41. The molecule has 2 aliphatic rings. The van der Waals surface area contributed by atoms with Crippen molar-refractivity contribution >= 4 is 22.6 Å². The molecule has 0 unspecified atom stereocenters. The van der Waals surface area contributed by atoms with E-state index in [1.807, 2.05) is 24.3 Å². The first-order chi connectivity index (χ1) is 15.4. The van der Waals surface area contributed by atoms with Gasteiger partial charge < -0.3 is 20.1 Å². The highest BCUT2D eigenvalue weighted by Gasteiger charge is 2.25. The third-order valence-corrected chi connectivity index (χ3v) is 6.60. The van der Waals surface area contributed by atoms with Crippen molar-refractivity contribution in [2.75, 3.05) is 19.7 Å². The largest absolute Gasteiger partial charge is 0.490 e. The molecule has 0 aromatic heterocycles. The Morgan fingerprint density at radius 1 is 1.09 bits per heavy atom. The molecule has 2 fully saturated rings. The number of carbonyl (C=O) groups excluding carboxylic acids is 2. The number of nitrogens with zero attached hydrogens (tertiary/aromatic N) is 1. The van der Waals surface area contributed by atoms with Gasteiger partial charge in [0.15, 0.2) is 0 Å². The summed E-state index contributed by atoms with van der Waals surface area (Å²) in [4.78, 5) is 26.6. The van der Waals surface area contributed by atoms with Crippen LogP contribution in [0.1, 0.15) is 61.9 Å². The highest BCUT2D eigenvalue weighted by atomic mass is 16.5. The average Bonchev–Trinajstić information content (AvgIpc) is 3.60. The highest BCUT2D eigenvalue weighted by Crippen LogP contribution is 2.31. The normalized spacial score (nSPS) is 17.6. The predicted octanol–water partition coefficient (Wildman–Crippen LogP) is 4.08. The Morgan fingerprint density at radius 3 is 2.50 bits per heavy atom. The van der Waals surface area contributed by atoms with Crippen molar-refractivity contribution < 1.29 is 19.1 Å². The number of rotatable bonds is 9. The summed E-state index contributed by atoms with van der Waals surface area (Å²) in [7, 11) is 0. The zero-order valence-corrected chi connectivity index (χ0v) is 19.1. The standard InChI is InChI=1S/C26H34N2O4/c1-17(2)28-13-11-20(12-14-28)32-21-6-8-22-19(15-21)5-7-24(23(22)9-10-25(27)29)26(30)31-16-18-3-4-18/h5-8,15,17-18,20H,3-4,9-14,16H2,1-2H3,(H2,27,29). The number of piperidine rings is 1. The fraction of sp³-hybridized carbons (Fsp3) is 0.538. The number of likely N-dealkylation sites (tertiary alicyclic amines) is 1. The Bertz CT molecular complexity index is 975. The SMILES string of the molecule is CC(C)N1CCC(Oc2ccc3c(CCC(N)=O)c(C(=O)OCC4CC4)ccc3c2)CC1. The molecule has 1 saturated heterocycles. The number of nitrogens with two attached hydrogens (primary N) is 1. The summed E-state index contributed by atoms with van der Waals surface area (Å²) < 4.78 is 11.8. The zero-order valence-electron chi connectivity index (χ0n) is 19.1. The molecule has 6 heteroatoms. The van der Waals surface area contributed by atoms with Gasteiger partial charge in [0, 0.05) is 25.6 Å². The summed E-state index contributed by atoms with van der Waals surface area (Å²) in [5, 5.41) is 1.93. The quantitative estimate of drug-likeness (QED) is 0.597. The predicted molar refractivity (Wildman–Crippen MR) is 125 cm³/mol.